The summed E-state index contributed by atoms with van der Waals surface area (Å²) in [7, 11) is 1.90. The van der Waals surface area contributed by atoms with Crippen LogP contribution in [-0.4, -0.2) is 62.8 Å². The third-order valence-electron chi connectivity index (χ3n) is 3.09. The van der Waals surface area contributed by atoms with Crippen molar-refractivity contribution in [3.63, 3.8) is 0 Å². The molecule has 1 rings (SSSR count). The van der Waals surface area contributed by atoms with Crippen molar-refractivity contribution in [1.82, 2.24) is 15.5 Å². The maximum atomic E-state index is 11.5. The zero-order valence-corrected chi connectivity index (χ0v) is 11.9. The first-order valence-electron chi connectivity index (χ1n) is 6.81. The Hall–Kier alpha value is -0.650. The number of nitrogens with one attached hydrogen (secondary N) is 2. The van der Waals surface area contributed by atoms with Crippen molar-refractivity contribution in [2.75, 3.05) is 46.4 Å². The van der Waals surface area contributed by atoms with E-state index in [1.54, 1.807) is 0 Å². The van der Waals surface area contributed by atoms with E-state index in [4.69, 9.17) is 4.74 Å². The number of amides is 1. The third-order valence-corrected chi connectivity index (χ3v) is 3.09. The largest absolute Gasteiger partial charge is 0.373 e. The highest BCUT2D eigenvalue weighted by atomic mass is 16.5. The summed E-state index contributed by atoms with van der Waals surface area (Å²) in [4.78, 5) is 13.8. The van der Waals surface area contributed by atoms with Gasteiger partial charge in [-0.15, -0.1) is 0 Å². The lowest BCUT2D eigenvalue weighted by atomic mass is 10.1. The van der Waals surface area contributed by atoms with Crippen LogP contribution >= 0.6 is 0 Å². The van der Waals surface area contributed by atoms with Crippen LogP contribution in [0.25, 0.3) is 0 Å². The Kier molecular flexibility index (Phi) is 6.60. The predicted molar refractivity (Wildman–Crippen MR) is 72.6 cm³/mol. The minimum absolute atomic E-state index is 0.0605. The second-order valence-electron chi connectivity index (χ2n) is 5.44. The van der Waals surface area contributed by atoms with Crippen molar-refractivity contribution in [1.29, 1.82) is 0 Å². The van der Waals surface area contributed by atoms with Gasteiger partial charge in [-0.25, -0.2) is 0 Å². The highest BCUT2D eigenvalue weighted by Crippen LogP contribution is 2.15. The molecule has 0 aromatic carbocycles. The van der Waals surface area contributed by atoms with Gasteiger partial charge in [0.2, 0.25) is 5.91 Å². The molecule has 1 aliphatic rings. The molecular weight excluding hydrogens is 230 g/mol. The van der Waals surface area contributed by atoms with E-state index in [0.29, 0.717) is 6.42 Å². The molecule has 0 aliphatic carbocycles. The molecule has 2 N–H and O–H groups in total. The number of rotatable bonds is 7. The van der Waals surface area contributed by atoms with E-state index in [2.05, 4.69) is 29.4 Å². The average molecular weight is 257 g/mol. The summed E-state index contributed by atoms with van der Waals surface area (Å²) >= 11 is 0. The molecule has 0 aromatic heterocycles. The lowest BCUT2D eigenvalue weighted by Crippen LogP contribution is -2.50. The molecule has 106 valence electrons. The van der Waals surface area contributed by atoms with Gasteiger partial charge in [-0.2, -0.15) is 0 Å². The van der Waals surface area contributed by atoms with Crippen LogP contribution in [0.5, 0.6) is 0 Å². The van der Waals surface area contributed by atoms with Crippen LogP contribution < -0.4 is 10.6 Å². The van der Waals surface area contributed by atoms with Gasteiger partial charge < -0.3 is 15.4 Å². The summed E-state index contributed by atoms with van der Waals surface area (Å²) in [5, 5.41) is 6.00. The van der Waals surface area contributed by atoms with Crippen LogP contribution in [0.15, 0.2) is 0 Å². The van der Waals surface area contributed by atoms with E-state index in [1.165, 1.54) is 0 Å². The molecule has 0 spiro atoms. The second kappa shape index (κ2) is 7.71. The van der Waals surface area contributed by atoms with Crippen LogP contribution in [0.1, 0.15) is 26.7 Å². The van der Waals surface area contributed by atoms with E-state index in [1.807, 2.05) is 7.05 Å². The Morgan fingerprint density at radius 1 is 1.39 bits per heavy atom. The van der Waals surface area contributed by atoms with Crippen LogP contribution in [0, 0.1) is 0 Å². The molecule has 1 fully saturated rings. The lowest BCUT2D eigenvalue weighted by molar-refractivity contribution is -0.121. The second-order valence-corrected chi connectivity index (χ2v) is 5.44. The lowest BCUT2D eigenvalue weighted by Gasteiger charge is -2.38. The summed E-state index contributed by atoms with van der Waals surface area (Å²) < 4.78 is 5.65. The zero-order valence-electron chi connectivity index (χ0n) is 11.9. The standard InChI is InChI=1S/C13H27N3O2/c1-13(2)11-16(9-10-18-13)8-7-15-12(17)5-4-6-14-3/h14H,4-11H2,1-3H3,(H,15,17). The summed E-state index contributed by atoms with van der Waals surface area (Å²) in [6.07, 6.45) is 1.50. The summed E-state index contributed by atoms with van der Waals surface area (Å²) in [5.74, 6) is 0.151. The van der Waals surface area contributed by atoms with Crippen molar-refractivity contribution in [2.45, 2.75) is 32.3 Å². The fourth-order valence-electron chi connectivity index (χ4n) is 2.17. The zero-order chi connectivity index (χ0) is 13.4. The third kappa shape index (κ3) is 6.33. The molecule has 0 aromatic rings. The Balaban J connectivity index is 2.08. The van der Waals surface area contributed by atoms with Gasteiger partial charge in [0.1, 0.15) is 0 Å². The van der Waals surface area contributed by atoms with Crippen LogP contribution in [0.3, 0.4) is 0 Å². The Bertz CT molecular complexity index is 257. The fourth-order valence-corrected chi connectivity index (χ4v) is 2.17. The summed E-state index contributed by atoms with van der Waals surface area (Å²) in [5.41, 5.74) is -0.0605. The van der Waals surface area contributed by atoms with Gasteiger partial charge in [-0.3, -0.25) is 9.69 Å². The van der Waals surface area contributed by atoms with Crippen molar-refractivity contribution < 1.29 is 9.53 Å². The number of carbonyl (C=O) groups excluding carboxylic acids is 1. The van der Waals surface area contributed by atoms with Crippen molar-refractivity contribution in [3.8, 4) is 0 Å². The minimum Gasteiger partial charge on any atom is -0.373 e. The van der Waals surface area contributed by atoms with Gasteiger partial charge in [0.25, 0.3) is 0 Å². The normalized spacial score (nSPS) is 19.7. The number of nitrogens with zero attached hydrogens (tertiary/aromatic N) is 1. The van der Waals surface area contributed by atoms with E-state index in [9.17, 15) is 4.79 Å². The topological polar surface area (TPSA) is 53.6 Å². The molecule has 18 heavy (non-hydrogen) atoms. The molecule has 5 nitrogen and oxygen atoms in total. The summed E-state index contributed by atoms with van der Waals surface area (Å²) in [6.45, 7) is 9.42. The van der Waals surface area contributed by atoms with E-state index >= 15 is 0 Å². The van der Waals surface area contributed by atoms with Crippen LogP contribution in [0.4, 0.5) is 0 Å². The molecular formula is C13H27N3O2. The fraction of sp³-hybridized carbons (Fsp3) is 0.923. The predicted octanol–water partition coefficient (Wildman–Crippen LogP) is 0.213. The molecule has 0 saturated carbocycles. The molecule has 1 heterocycles. The first kappa shape index (κ1) is 15.4. The van der Waals surface area contributed by atoms with E-state index in [-0.39, 0.29) is 11.5 Å². The monoisotopic (exact) mass is 257 g/mol. The SMILES string of the molecule is CNCCCC(=O)NCCN1CCOC(C)(C)C1. The summed E-state index contributed by atoms with van der Waals surface area (Å²) in [6, 6.07) is 0. The first-order chi connectivity index (χ1) is 8.53. The molecule has 0 atom stereocenters. The van der Waals surface area contributed by atoms with Crippen LogP contribution in [0.2, 0.25) is 0 Å². The molecule has 0 bridgehead atoms. The molecule has 0 radical (unpaired) electrons. The molecule has 1 amide bonds. The first-order valence-corrected chi connectivity index (χ1v) is 6.81. The average Bonchev–Trinajstić information content (AvgIpc) is 2.28. The Morgan fingerprint density at radius 2 is 2.17 bits per heavy atom. The van der Waals surface area contributed by atoms with E-state index in [0.717, 1.165) is 45.8 Å². The van der Waals surface area contributed by atoms with Gasteiger partial charge in [-0.1, -0.05) is 0 Å². The molecule has 1 aliphatic heterocycles. The molecule has 0 unspecified atom stereocenters. The number of morpholine rings is 1. The Morgan fingerprint density at radius 3 is 2.83 bits per heavy atom. The highest BCUT2D eigenvalue weighted by Gasteiger charge is 2.26. The van der Waals surface area contributed by atoms with Gasteiger partial charge in [-0.05, 0) is 33.9 Å². The van der Waals surface area contributed by atoms with Crippen molar-refractivity contribution >= 4 is 5.91 Å². The van der Waals surface area contributed by atoms with Gasteiger partial charge in [0.15, 0.2) is 0 Å². The number of hydrogen-bond acceptors (Lipinski definition) is 4. The number of carbonyl (C=O) groups is 1. The van der Waals surface area contributed by atoms with Gasteiger partial charge >= 0.3 is 0 Å². The number of ether oxygens (including phenoxy) is 1. The highest BCUT2D eigenvalue weighted by molar-refractivity contribution is 5.75. The van der Waals surface area contributed by atoms with Crippen LogP contribution in [-0.2, 0) is 9.53 Å². The molecule has 1 saturated heterocycles. The van der Waals surface area contributed by atoms with Crippen molar-refractivity contribution in [3.05, 3.63) is 0 Å². The molecule has 5 heteroatoms. The maximum Gasteiger partial charge on any atom is 0.220 e. The number of hydrogen-bond donors (Lipinski definition) is 2. The smallest absolute Gasteiger partial charge is 0.220 e. The quantitative estimate of drug-likeness (QED) is 0.640. The van der Waals surface area contributed by atoms with Gasteiger partial charge in [0.05, 0.1) is 12.2 Å². The maximum absolute atomic E-state index is 11.5. The Labute approximate surface area is 110 Å². The van der Waals surface area contributed by atoms with Crippen molar-refractivity contribution in [2.24, 2.45) is 0 Å². The van der Waals surface area contributed by atoms with E-state index < -0.39 is 0 Å². The minimum atomic E-state index is -0.0605. The van der Waals surface area contributed by atoms with Gasteiger partial charge in [0, 0.05) is 32.6 Å².